The molecule has 0 amide bonds. The lowest BCUT2D eigenvalue weighted by atomic mass is 9.80. The summed E-state index contributed by atoms with van der Waals surface area (Å²) in [5.41, 5.74) is -0.178. The molecule has 1 saturated heterocycles. The summed E-state index contributed by atoms with van der Waals surface area (Å²) in [5.74, 6) is 0. The van der Waals surface area contributed by atoms with Crippen LogP contribution in [0.25, 0.3) is 0 Å². The molecule has 13 heavy (non-hydrogen) atoms. The van der Waals surface area contributed by atoms with E-state index in [4.69, 9.17) is 10.2 Å². The van der Waals surface area contributed by atoms with Crippen molar-refractivity contribution in [2.75, 3.05) is 26.3 Å². The summed E-state index contributed by atoms with van der Waals surface area (Å²) in [5, 5.41) is 18.2. The topological polar surface area (TPSA) is 43.7 Å². The molecule has 0 aromatic carbocycles. The molecule has 76 valence electrons. The highest BCUT2D eigenvalue weighted by Gasteiger charge is 2.44. The Morgan fingerprint density at radius 3 is 2.08 bits per heavy atom. The smallest absolute Gasteiger partial charge is 0.0534 e. The van der Waals surface area contributed by atoms with Gasteiger partial charge in [0.05, 0.1) is 13.2 Å². The van der Waals surface area contributed by atoms with Crippen LogP contribution in [0.5, 0.6) is 0 Å². The molecule has 0 aromatic heterocycles. The van der Waals surface area contributed by atoms with Crippen molar-refractivity contribution in [3.8, 4) is 0 Å². The summed E-state index contributed by atoms with van der Waals surface area (Å²) in [4.78, 5) is 2.42. The molecule has 0 aromatic rings. The molecule has 1 aliphatic carbocycles. The first-order chi connectivity index (χ1) is 6.29. The van der Waals surface area contributed by atoms with Gasteiger partial charge in [0.1, 0.15) is 0 Å². The summed E-state index contributed by atoms with van der Waals surface area (Å²) < 4.78 is 0. The molecule has 0 atom stereocenters. The maximum absolute atomic E-state index is 9.11. The Morgan fingerprint density at radius 2 is 1.62 bits per heavy atom. The first-order valence-electron chi connectivity index (χ1n) is 5.25. The van der Waals surface area contributed by atoms with Crippen LogP contribution in [0.4, 0.5) is 0 Å². The Bertz CT molecular complexity index is 166. The van der Waals surface area contributed by atoms with Crippen molar-refractivity contribution in [2.45, 2.75) is 31.7 Å². The van der Waals surface area contributed by atoms with Crippen LogP contribution in [-0.2, 0) is 0 Å². The number of nitrogens with zero attached hydrogens (tertiary/aromatic N) is 1. The van der Waals surface area contributed by atoms with Gasteiger partial charge < -0.3 is 10.2 Å². The maximum Gasteiger partial charge on any atom is 0.0534 e. The van der Waals surface area contributed by atoms with Crippen molar-refractivity contribution in [1.29, 1.82) is 0 Å². The molecule has 2 rings (SSSR count). The van der Waals surface area contributed by atoms with Gasteiger partial charge in [0.25, 0.3) is 0 Å². The second kappa shape index (κ2) is 3.56. The van der Waals surface area contributed by atoms with Crippen molar-refractivity contribution >= 4 is 0 Å². The number of hydrogen-bond donors (Lipinski definition) is 2. The van der Waals surface area contributed by atoms with Gasteiger partial charge in [-0.1, -0.05) is 12.8 Å². The van der Waals surface area contributed by atoms with Gasteiger partial charge in [0.15, 0.2) is 0 Å². The van der Waals surface area contributed by atoms with Crippen molar-refractivity contribution < 1.29 is 10.2 Å². The van der Waals surface area contributed by atoms with Gasteiger partial charge in [-0.25, -0.2) is 0 Å². The summed E-state index contributed by atoms with van der Waals surface area (Å²) in [6.45, 7) is 2.05. The zero-order chi connectivity index (χ0) is 9.31. The summed E-state index contributed by atoms with van der Waals surface area (Å²) in [7, 11) is 0. The standard InChI is InChI=1S/C10H19NO2/c12-7-10(8-13)5-11(6-10)9-3-1-2-4-9/h9,12-13H,1-8H2. The fourth-order valence-electron chi connectivity index (χ4n) is 2.59. The highest BCUT2D eigenvalue weighted by Crippen LogP contribution is 2.35. The van der Waals surface area contributed by atoms with Crippen molar-refractivity contribution in [3.05, 3.63) is 0 Å². The number of likely N-dealkylation sites (tertiary alicyclic amines) is 1. The van der Waals surface area contributed by atoms with Crippen LogP contribution < -0.4 is 0 Å². The number of hydrogen-bond acceptors (Lipinski definition) is 3. The molecular formula is C10H19NO2. The fourth-order valence-corrected chi connectivity index (χ4v) is 2.59. The van der Waals surface area contributed by atoms with E-state index in [2.05, 4.69) is 4.90 Å². The van der Waals surface area contributed by atoms with Crippen LogP contribution in [-0.4, -0.2) is 47.5 Å². The van der Waals surface area contributed by atoms with E-state index in [1.807, 2.05) is 0 Å². The molecule has 0 unspecified atom stereocenters. The first kappa shape index (κ1) is 9.44. The largest absolute Gasteiger partial charge is 0.396 e. The molecule has 1 aliphatic heterocycles. The minimum absolute atomic E-state index is 0.132. The molecular weight excluding hydrogens is 166 g/mol. The summed E-state index contributed by atoms with van der Waals surface area (Å²) >= 11 is 0. The van der Waals surface area contributed by atoms with E-state index in [1.54, 1.807) is 0 Å². The lowest BCUT2D eigenvalue weighted by molar-refractivity contribution is -0.0923. The molecule has 3 nitrogen and oxygen atoms in total. The molecule has 0 radical (unpaired) electrons. The monoisotopic (exact) mass is 185 g/mol. The van der Waals surface area contributed by atoms with Crippen LogP contribution >= 0.6 is 0 Å². The van der Waals surface area contributed by atoms with Gasteiger partial charge in [-0.05, 0) is 12.8 Å². The number of aliphatic hydroxyl groups excluding tert-OH is 2. The van der Waals surface area contributed by atoms with Crippen LogP contribution in [0.15, 0.2) is 0 Å². The SMILES string of the molecule is OCC1(CO)CN(C2CCCC2)C1. The fraction of sp³-hybridized carbons (Fsp3) is 1.00. The van der Waals surface area contributed by atoms with Crippen molar-refractivity contribution in [2.24, 2.45) is 5.41 Å². The van der Waals surface area contributed by atoms with Gasteiger partial charge in [-0.15, -0.1) is 0 Å². The van der Waals surface area contributed by atoms with E-state index in [-0.39, 0.29) is 18.6 Å². The molecule has 0 bridgehead atoms. The van der Waals surface area contributed by atoms with Gasteiger partial charge in [-0.3, -0.25) is 4.90 Å². The minimum atomic E-state index is -0.178. The maximum atomic E-state index is 9.11. The summed E-state index contributed by atoms with van der Waals surface area (Å²) in [6, 6.07) is 0.742. The Morgan fingerprint density at radius 1 is 1.08 bits per heavy atom. The minimum Gasteiger partial charge on any atom is -0.396 e. The molecule has 2 aliphatic rings. The predicted molar refractivity (Wildman–Crippen MR) is 50.4 cm³/mol. The molecule has 2 fully saturated rings. The second-order valence-corrected chi connectivity index (χ2v) is 4.66. The molecule has 1 heterocycles. The first-order valence-corrected chi connectivity index (χ1v) is 5.25. The van der Waals surface area contributed by atoms with Crippen molar-refractivity contribution in [1.82, 2.24) is 4.90 Å². The van der Waals surface area contributed by atoms with E-state index in [9.17, 15) is 0 Å². The molecule has 2 N–H and O–H groups in total. The summed E-state index contributed by atoms with van der Waals surface area (Å²) in [6.07, 6.45) is 5.33. The Balaban J connectivity index is 1.82. The average Bonchev–Trinajstić information content (AvgIpc) is 2.57. The normalized spacial score (nSPS) is 29.1. The Labute approximate surface area is 79.4 Å². The Kier molecular flexibility index (Phi) is 2.58. The van der Waals surface area contributed by atoms with E-state index in [0.29, 0.717) is 0 Å². The zero-order valence-corrected chi connectivity index (χ0v) is 8.08. The van der Waals surface area contributed by atoms with Gasteiger partial charge in [-0.2, -0.15) is 0 Å². The second-order valence-electron chi connectivity index (χ2n) is 4.66. The van der Waals surface area contributed by atoms with Gasteiger partial charge in [0.2, 0.25) is 0 Å². The van der Waals surface area contributed by atoms with Crippen LogP contribution in [0.3, 0.4) is 0 Å². The van der Waals surface area contributed by atoms with Crippen LogP contribution in [0.1, 0.15) is 25.7 Å². The zero-order valence-electron chi connectivity index (χ0n) is 8.08. The number of rotatable bonds is 3. The highest BCUT2D eigenvalue weighted by atomic mass is 16.3. The van der Waals surface area contributed by atoms with Crippen LogP contribution in [0.2, 0.25) is 0 Å². The van der Waals surface area contributed by atoms with E-state index in [0.717, 1.165) is 19.1 Å². The lowest BCUT2D eigenvalue weighted by Crippen LogP contribution is -2.62. The molecule has 0 spiro atoms. The molecule has 1 saturated carbocycles. The van der Waals surface area contributed by atoms with Crippen LogP contribution in [0, 0.1) is 5.41 Å². The highest BCUT2D eigenvalue weighted by molar-refractivity contribution is 4.97. The quantitative estimate of drug-likeness (QED) is 0.661. The van der Waals surface area contributed by atoms with E-state index in [1.165, 1.54) is 25.7 Å². The third kappa shape index (κ3) is 1.60. The van der Waals surface area contributed by atoms with E-state index < -0.39 is 0 Å². The Hall–Kier alpha value is -0.120. The average molecular weight is 185 g/mol. The van der Waals surface area contributed by atoms with Gasteiger partial charge >= 0.3 is 0 Å². The van der Waals surface area contributed by atoms with E-state index >= 15 is 0 Å². The number of aliphatic hydroxyl groups is 2. The van der Waals surface area contributed by atoms with Gasteiger partial charge in [0, 0.05) is 24.5 Å². The third-order valence-electron chi connectivity index (χ3n) is 3.59. The van der Waals surface area contributed by atoms with Crippen molar-refractivity contribution in [3.63, 3.8) is 0 Å². The predicted octanol–water partition coefficient (Wildman–Crippen LogP) is 0.216. The lowest BCUT2D eigenvalue weighted by Gasteiger charge is -2.51. The molecule has 3 heteroatoms. The third-order valence-corrected chi connectivity index (χ3v) is 3.59.